The van der Waals surface area contributed by atoms with Gasteiger partial charge in [0.15, 0.2) is 5.78 Å². The Morgan fingerprint density at radius 2 is 1.92 bits per heavy atom. The number of carbonyl (C=O) groups excluding carboxylic acids is 2. The van der Waals surface area contributed by atoms with Gasteiger partial charge in [0, 0.05) is 23.1 Å². The number of benzene rings is 2. The average molecular weight is 520 g/mol. The van der Waals surface area contributed by atoms with E-state index in [1.54, 1.807) is 38.1 Å². The number of nitrogens with two attached hydrogens (primary N) is 1. The Morgan fingerprint density at radius 3 is 2.62 bits per heavy atom. The zero-order chi connectivity index (χ0) is 26.5. The molecule has 9 heteroatoms. The van der Waals surface area contributed by atoms with Crippen molar-refractivity contribution in [2.24, 2.45) is 5.73 Å². The fourth-order valence-electron chi connectivity index (χ4n) is 4.51. The molecule has 0 saturated carbocycles. The maximum absolute atomic E-state index is 13.6. The van der Waals surface area contributed by atoms with Gasteiger partial charge in [-0.1, -0.05) is 0 Å². The lowest BCUT2D eigenvalue weighted by molar-refractivity contribution is -0.123. The number of fused-ring (bicyclic) bond motifs is 2. The number of aryl methyl sites for hydroxylation is 1. The Kier molecular flexibility index (Phi) is 6.08. The average Bonchev–Trinajstić information content (AvgIpc) is 3.41. The molecule has 0 spiro atoms. The van der Waals surface area contributed by atoms with Crippen LogP contribution in [0.25, 0.3) is 21.5 Å². The minimum absolute atomic E-state index is 0.0250. The van der Waals surface area contributed by atoms with Crippen LogP contribution in [-0.2, 0) is 15.8 Å². The minimum atomic E-state index is -1.51. The van der Waals surface area contributed by atoms with Crippen LogP contribution in [0.3, 0.4) is 0 Å². The van der Waals surface area contributed by atoms with Crippen LogP contribution in [0.15, 0.2) is 48.5 Å². The number of Topliss-reactive ketones (excluding diaryl/α,β-unsaturated/α-hetero) is 1. The summed E-state index contributed by atoms with van der Waals surface area (Å²) in [7, 11) is 0. The Labute approximate surface area is 217 Å². The van der Waals surface area contributed by atoms with Gasteiger partial charge in [-0.15, -0.1) is 11.3 Å². The number of thiazole rings is 1. The minimum Gasteiger partial charge on any atom is -0.489 e. The monoisotopic (exact) mass is 519 g/mol. The molecule has 0 radical (unpaired) electrons. The molecule has 37 heavy (non-hydrogen) atoms. The van der Waals surface area contributed by atoms with Gasteiger partial charge >= 0.3 is 0 Å². The first-order chi connectivity index (χ1) is 17.5. The fourth-order valence-corrected chi connectivity index (χ4v) is 5.38. The molecule has 0 unspecified atom stereocenters. The molecule has 0 bridgehead atoms. The van der Waals surface area contributed by atoms with Crippen molar-refractivity contribution in [3.05, 3.63) is 76.2 Å². The normalized spacial score (nSPS) is 18.3. The third-order valence-corrected chi connectivity index (χ3v) is 7.88. The van der Waals surface area contributed by atoms with Crippen LogP contribution in [0, 0.1) is 12.7 Å². The van der Waals surface area contributed by atoms with E-state index in [-0.39, 0.29) is 30.9 Å². The van der Waals surface area contributed by atoms with Gasteiger partial charge in [0.25, 0.3) is 0 Å². The van der Waals surface area contributed by atoms with Crippen LogP contribution < -0.4 is 10.5 Å². The Bertz CT molecular complexity index is 1550. The van der Waals surface area contributed by atoms with Crippen molar-refractivity contribution in [3.8, 4) is 17.0 Å². The van der Waals surface area contributed by atoms with Crippen molar-refractivity contribution >= 4 is 33.2 Å². The summed E-state index contributed by atoms with van der Waals surface area (Å²) in [6, 6.07) is 12.7. The number of pyridine rings is 1. The lowest BCUT2D eigenvalue weighted by Crippen LogP contribution is -2.40. The number of amides is 1. The molecule has 0 saturated heterocycles. The third-order valence-electron chi connectivity index (χ3n) is 6.94. The largest absolute Gasteiger partial charge is 0.489 e. The molecule has 1 aliphatic rings. The van der Waals surface area contributed by atoms with Crippen molar-refractivity contribution in [2.75, 3.05) is 6.61 Å². The molecular weight excluding hydrogens is 493 g/mol. The number of rotatable bonds is 7. The van der Waals surface area contributed by atoms with Gasteiger partial charge in [-0.25, -0.2) is 14.4 Å². The number of ether oxygens (including phenoxy) is 1. The fraction of sp³-hybridized carbons (Fsp3) is 0.286. The third kappa shape index (κ3) is 4.49. The molecule has 190 valence electrons. The van der Waals surface area contributed by atoms with Gasteiger partial charge in [0.05, 0.1) is 20.9 Å². The lowest BCUT2D eigenvalue weighted by Gasteiger charge is -2.26. The predicted molar refractivity (Wildman–Crippen MR) is 139 cm³/mol. The Hall–Kier alpha value is -3.69. The number of ketones is 1. The summed E-state index contributed by atoms with van der Waals surface area (Å²) in [6.45, 7) is 5.20. The molecule has 3 N–H and O–H groups in total. The second kappa shape index (κ2) is 9.00. The molecule has 1 amide bonds. The number of halogens is 1. The van der Waals surface area contributed by atoms with E-state index in [2.05, 4.69) is 9.97 Å². The van der Waals surface area contributed by atoms with E-state index in [1.807, 2.05) is 19.1 Å². The van der Waals surface area contributed by atoms with Crippen molar-refractivity contribution in [2.45, 2.75) is 44.6 Å². The van der Waals surface area contributed by atoms with Crippen LogP contribution in [0.2, 0.25) is 0 Å². The topological polar surface area (TPSA) is 115 Å². The highest BCUT2D eigenvalue weighted by atomic mass is 32.1. The van der Waals surface area contributed by atoms with Crippen molar-refractivity contribution < 1.29 is 23.8 Å². The number of aliphatic hydroxyl groups is 1. The Morgan fingerprint density at radius 1 is 1.19 bits per heavy atom. The highest BCUT2D eigenvalue weighted by Crippen LogP contribution is 2.46. The maximum atomic E-state index is 13.6. The number of carbonyl (C=O) groups is 2. The van der Waals surface area contributed by atoms with Crippen LogP contribution in [-0.4, -0.2) is 33.4 Å². The summed E-state index contributed by atoms with van der Waals surface area (Å²) in [5.74, 6) is -0.719. The molecule has 3 heterocycles. The highest BCUT2D eigenvalue weighted by molar-refractivity contribution is 7.18. The van der Waals surface area contributed by atoms with E-state index in [0.29, 0.717) is 28.1 Å². The van der Waals surface area contributed by atoms with Crippen LogP contribution in [0.1, 0.15) is 53.3 Å². The van der Waals surface area contributed by atoms with Crippen LogP contribution >= 0.6 is 11.3 Å². The standard InChI is InChI=1S/C28H26FN3O4S/c1-15-31-20-9-6-17(12-22(20)37-15)21(33)10-11-28(3,35)23-13-19-25(36-14-27(19,2)26(30)34)24(32-23)16-4-7-18(29)8-5-16/h4-9,12-13,35H,10-11,14H2,1-3H3,(H2,30,34)/t27-,28-/m0/s1. The maximum Gasteiger partial charge on any atom is 0.231 e. The first-order valence-electron chi connectivity index (χ1n) is 11.9. The van der Waals surface area contributed by atoms with E-state index >= 15 is 0 Å². The molecule has 2 atom stereocenters. The van der Waals surface area contributed by atoms with E-state index in [9.17, 15) is 19.1 Å². The molecule has 4 aromatic rings. The van der Waals surface area contributed by atoms with Crippen LogP contribution in [0.4, 0.5) is 4.39 Å². The molecule has 7 nitrogen and oxygen atoms in total. The second-order valence-corrected chi connectivity index (χ2v) is 11.1. The molecule has 2 aromatic carbocycles. The zero-order valence-corrected chi connectivity index (χ0v) is 21.5. The van der Waals surface area contributed by atoms with E-state index in [4.69, 9.17) is 10.5 Å². The quantitative estimate of drug-likeness (QED) is 0.339. The molecular formula is C28H26FN3O4S. The number of hydrogen-bond donors (Lipinski definition) is 2. The van der Waals surface area contributed by atoms with Gasteiger partial charge in [-0.05, 0) is 75.7 Å². The molecule has 0 fully saturated rings. The molecule has 1 aliphatic heterocycles. The summed E-state index contributed by atoms with van der Waals surface area (Å²) in [5.41, 5.74) is 6.19. The number of primary amides is 1. The Balaban J connectivity index is 1.49. The zero-order valence-electron chi connectivity index (χ0n) is 20.7. The molecule has 5 rings (SSSR count). The number of hydrogen-bond acceptors (Lipinski definition) is 7. The van der Waals surface area contributed by atoms with Gasteiger partial charge in [0.1, 0.15) is 34.9 Å². The van der Waals surface area contributed by atoms with E-state index in [0.717, 1.165) is 15.2 Å². The molecule has 2 aromatic heterocycles. The van der Waals surface area contributed by atoms with Gasteiger partial charge < -0.3 is 15.6 Å². The smallest absolute Gasteiger partial charge is 0.231 e. The summed E-state index contributed by atoms with van der Waals surface area (Å²) in [6.07, 6.45) is 0.166. The SMILES string of the molecule is Cc1nc2ccc(C(=O)CC[C@](C)(O)c3cc4c(c(-c5ccc(F)cc5)n3)OC[C@]4(C)C(N)=O)cc2s1. The van der Waals surface area contributed by atoms with Crippen molar-refractivity contribution in [3.63, 3.8) is 0 Å². The summed E-state index contributed by atoms with van der Waals surface area (Å²) >= 11 is 1.52. The summed E-state index contributed by atoms with van der Waals surface area (Å²) < 4.78 is 20.4. The predicted octanol–water partition coefficient (Wildman–Crippen LogP) is 4.81. The first kappa shape index (κ1) is 25.0. The van der Waals surface area contributed by atoms with Gasteiger partial charge in [0.2, 0.25) is 5.91 Å². The highest BCUT2D eigenvalue weighted by Gasteiger charge is 2.45. The van der Waals surface area contributed by atoms with Gasteiger partial charge in [-0.2, -0.15) is 0 Å². The number of aromatic nitrogens is 2. The molecule has 0 aliphatic carbocycles. The van der Waals surface area contributed by atoms with Crippen LogP contribution in [0.5, 0.6) is 5.75 Å². The summed E-state index contributed by atoms with van der Waals surface area (Å²) in [4.78, 5) is 34.5. The number of nitrogens with zero attached hydrogens (tertiary/aromatic N) is 2. The van der Waals surface area contributed by atoms with Crippen molar-refractivity contribution in [1.29, 1.82) is 0 Å². The lowest BCUT2D eigenvalue weighted by atomic mass is 9.81. The first-order valence-corrected chi connectivity index (χ1v) is 12.7. The van der Waals surface area contributed by atoms with Gasteiger partial charge in [-0.3, -0.25) is 9.59 Å². The summed E-state index contributed by atoms with van der Waals surface area (Å²) in [5, 5.41) is 12.4. The van der Waals surface area contributed by atoms with E-state index < -0.39 is 22.7 Å². The second-order valence-electron chi connectivity index (χ2n) is 9.84. The van der Waals surface area contributed by atoms with E-state index in [1.165, 1.54) is 23.5 Å². The van der Waals surface area contributed by atoms with Crippen molar-refractivity contribution in [1.82, 2.24) is 9.97 Å².